The Morgan fingerprint density at radius 3 is 2.36 bits per heavy atom. The maximum Gasteiger partial charge on any atom is 0.307 e. The predicted molar refractivity (Wildman–Crippen MR) is 106 cm³/mol. The zero-order valence-corrected chi connectivity index (χ0v) is 17.3. The third-order valence-corrected chi connectivity index (χ3v) is 6.11. The molecule has 0 bridgehead atoms. The molecule has 0 aliphatic rings. The van der Waals surface area contributed by atoms with Crippen LogP contribution in [0.4, 0.5) is 0 Å². The van der Waals surface area contributed by atoms with Crippen molar-refractivity contribution >= 4 is 33.5 Å². The highest BCUT2D eigenvalue weighted by Crippen LogP contribution is 2.21. The van der Waals surface area contributed by atoms with Crippen LogP contribution in [0.15, 0.2) is 53.4 Å². The van der Waals surface area contributed by atoms with Crippen molar-refractivity contribution in [1.82, 2.24) is 9.62 Å². The van der Waals surface area contributed by atoms with Crippen molar-refractivity contribution in [2.24, 2.45) is 0 Å². The molecule has 1 amide bonds. The number of methoxy groups -OCH3 is 1. The van der Waals surface area contributed by atoms with Crippen molar-refractivity contribution in [3.05, 3.63) is 64.7 Å². The van der Waals surface area contributed by atoms with Crippen molar-refractivity contribution in [2.75, 3.05) is 21.2 Å². The van der Waals surface area contributed by atoms with Crippen molar-refractivity contribution in [3.8, 4) is 0 Å². The first-order valence-corrected chi connectivity index (χ1v) is 10.1. The number of carbonyl (C=O) groups is 2. The Morgan fingerprint density at radius 2 is 1.79 bits per heavy atom. The number of rotatable bonds is 7. The van der Waals surface area contributed by atoms with E-state index in [0.717, 1.165) is 4.31 Å². The Hall–Kier alpha value is -2.42. The largest absolute Gasteiger partial charge is 0.469 e. The van der Waals surface area contributed by atoms with Crippen LogP contribution in [0, 0.1) is 0 Å². The normalized spacial score (nSPS) is 12.5. The lowest BCUT2D eigenvalue weighted by Gasteiger charge is -2.19. The predicted octanol–water partition coefficient (Wildman–Crippen LogP) is 2.62. The molecule has 0 radical (unpaired) electrons. The number of nitrogens with one attached hydrogen (secondary N) is 1. The van der Waals surface area contributed by atoms with E-state index >= 15 is 0 Å². The fraction of sp³-hybridized carbons (Fsp3) is 0.263. The van der Waals surface area contributed by atoms with E-state index in [1.54, 1.807) is 24.3 Å². The summed E-state index contributed by atoms with van der Waals surface area (Å²) in [7, 11) is 0.409. The quantitative estimate of drug-likeness (QED) is 0.689. The van der Waals surface area contributed by atoms with E-state index in [2.05, 4.69) is 5.32 Å². The summed E-state index contributed by atoms with van der Waals surface area (Å²) >= 11 is 5.90. The number of hydrogen-bond donors (Lipinski definition) is 1. The molecule has 2 aromatic rings. The third-order valence-electron chi connectivity index (χ3n) is 4.05. The van der Waals surface area contributed by atoms with Crippen LogP contribution in [0.25, 0.3) is 0 Å². The second-order valence-corrected chi connectivity index (χ2v) is 8.76. The van der Waals surface area contributed by atoms with Crippen LogP contribution < -0.4 is 5.32 Å². The first-order valence-electron chi connectivity index (χ1n) is 8.31. The van der Waals surface area contributed by atoms with Crippen molar-refractivity contribution in [3.63, 3.8) is 0 Å². The lowest BCUT2D eigenvalue weighted by atomic mass is 10.0. The van der Waals surface area contributed by atoms with Crippen LogP contribution in [0.1, 0.15) is 28.4 Å². The Balaban J connectivity index is 2.30. The Bertz CT molecular complexity index is 959. The van der Waals surface area contributed by atoms with Crippen LogP contribution in [0.2, 0.25) is 5.02 Å². The maximum atomic E-state index is 12.7. The van der Waals surface area contributed by atoms with Gasteiger partial charge < -0.3 is 10.1 Å². The molecule has 7 nitrogen and oxygen atoms in total. The molecule has 0 aliphatic carbocycles. The molecule has 150 valence electrons. The van der Waals surface area contributed by atoms with Gasteiger partial charge in [0.15, 0.2) is 0 Å². The van der Waals surface area contributed by atoms with E-state index < -0.39 is 27.9 Å². The van der Waals surface area contributed by atoms with Gasteiger partial charge in [-0.05, 0) is 35.9 Å². The number of hydrogen-bond acceptors (Lipinski definition) is 5. The number of amides is 1. The highest BCUT2D eigenvalue weighted by molar-refractivity contribution is 7.89. The second kappa shape index (κ2) is 9.18. The molecule has 0 saturated carbocycles. The van der Waals surface area contributed by atoms with E-state index in [1.807, 2.05) is 0 Å². The summed E-state index contributed by atoms with van der Waals surface area (Å²) in [4.78, 5) is 24.5. The smallest absolute Gasteiger partial charge is 0.307 e. The zero-order chi connectivity index (χ0) is 20.9. The van der Waals surface area contributed by atoms with Crippen molar-refractivity contribution in [2.45, 2.75) is 17.4 Å². The molecule has 9 heteroatoms. The molecule has 0 fully saturated rings. The second-order valence-electron chi connectivity index (χ2n) is 6.17. The summed E-state index contributed by atoms with van der Waals surface area (Å²) in [5.74, 6) is -1.01. The Labute approximate surface area is 169 Å². The topological polar surface area (TPSA) is 92.8 Å². The summed E-state index contributed by atoms with van der Waals surface area (Å²) in [5.41, 5.74) is 0.826. The molecule has 1 atom stereocenters. The number of esters is 1. The lowest BCUT2D eigenvalue weighted by Crippen LogP contribution is -2.31. The van der Waals surface area contributed by atoms with Gasteiger partial charge in [-0.15, -0.1) is 0 Å². The number of halogens is 1. The first-order chi connectivity index (χ1) is 13.1. The lowest BCUT2D eigenvalue weighted by molar-refractivity contribution is -0.141. The van der Waals surface area contributed by atoms with Gasteiger partial charge in [-0.2, -0.15) is 0 Å². The van der Waals surface area contributed by atoms with Crippen LogP contribution in [-0.2, 0) is 19.6 Å². The van der Waals surface area contributed by atoms with Gasteiger partial charge >= 0.3 is 5.97 Å². The van der Waals surface area contributed by atoms with Crippen molar-refractivity contribution in [1.29, 1.82) is 0 Å². The highest BCUT2D eigenvalue weighted by Gasteiger charge is 2.22. The van der Waals surface area contributed by atoms with Crippen molar-refractivity contribution < 1.29 is 22.7 Å². The molecule has 0 spiro atoms. The Kier molecular flexibility index (Phi) is 7.17. The summed E-state index contributed by atoms with van der Waals surface area (Å²) in [6.45, 7) is 0. The number of benzene rings is 2. The van der Waals surface area contributed by atoms with E-state index in [9.17, 15) is 18.0 Å². The van der Waals surface area contributed by atoms with E-state index in [1.165, 1.54) is 45.5 Å². The van der Waals surface area contributed by atoms with Gasteiger partial charge in [-0.25, -0.2) is 12.7 Å². The number of ether oxygens (including phenoxy) is 1. The van der Waals surface area contributed by atoms with E-state index in [0.29, 0.717) is 10.6 Å². The molecule has 2 aromatic carbocycles. The number of nitrogens with zero attached hydrogens (tertiary/aromatic N) is 1. The molecule has 2 rings (SSSR count). The standard InChI is InChI=1S/C19H21ClN2O5S/c1-22(2)28(25,26)16-6-4-5-14(11-16)19(24)21-17(12-18(23)27-3)13-7-9-15(20)10-8-13/h4-11,17H,12H2,1-3H3,(H,21,24). The zero-order valence-electron chi connectivity index (χ0n) is 15.7. The minimum atomic E-state index is -3.68. The summed E-state index contributed by atoms with van der Waals surface area (Å²) < 4.78 is 30.3. The number of carbonyl (C=O) groups excluding carboxylic acids is 2. The molecular formula is C19H21ClN2O5S. The molecule has 28 heavy (non-hydrogen) atoms. The van der Waals surface area contributed by atoms with Crippen LogP contribution >= 0.6 is 11.6 Å². The Morgan fingerprint density at radius 1 is 1.14 bits per heavy atom. The summed E-state index contributed by atoms with van der Waals surface area (Å²) in [6, 6.07) is 11.7. The third kappa shape index (κ3) is 5.31. The minimum Gasteiger partial charge on any atom is -0.469 e. The molecule has 0 aromatic heterocycles. The molecule has 0 aliphatic heterocycles. The summed E-state index contributed by atoms with van der Waals surface area (Å²) in [6.07, 6.45) is -0.0838. The fourth-order valence-electron chi connectivity index (χ4n) is 2.45. The minimum absolute atomic E-state index is 0.00107. The van der Waals surface area contributed by atoms with Gasteiger partial charge in [-0.1, -0.05) is 29.8 Å². The van der Waals surface area contributed by atoms with E-state index in [-0.39, 0.29) is 16.9 Å². The van der Waals surface area contributed by atoms with Crippen LogP contribution in [-0.4, -0.2) is 45.8 Å². The van der Waals surface area contributed by atoms with Gasteiger partial charge in [0.1, 0.15) is 0 Å². The van der Waals surface area contributed by atoms with Gasteiger partial charge in [0.25, 0.3) is 5.91 Å². The van der Waals surface area contributed by atoms with Gasteiger partial charge in [0, 0.05) is 24.7 Å². The molecule has 0 heterocycles. The fourth-order valence-corrected chi connectivity index (χ4v) is 3.52. The monoisotopic (exact) mass is 424 g/mol. The number of sulfonamides is 1. The summed E-state index contributed by atoms with van der Waals surface area (Å²) in [5, 5.41) is 3.27. The van der Waals surface area contributed by atoms with Gasteiger partial charge in [-0.3, -0.25) is 9.59 Å². The van der Waals surface area contributed by atoms with Crippen LogP contribution in [0.3, 0.4) is 0 Å². The van der Waals surface area contributed by atoms with Crippen LogP contribution in [0.5, 0.6) is 0 Å². The average Bonchev–Trinajstić information content (AvgIpc) is 2.67. The molecule has 0 saturated heterocycles. The van der Waals surface area contributed by atoms with Gasteiger partial charge in [0.05, 0.1) is 24.5 Å². The first kappa shape index (κ1) is 21.9. The maximum absolute atomic E-state index is 12.7. The average molecular weight is 425 g/mol. The van der Waals surface area contributed by atoms with E-state index in [4.69, 9.17) is 16.3 Å². The molecular weight excluding hydrogens is 404 g/mol. The molecule has 1 unspecified atom stereocenters. The SMILES string of the molecule is COC(=O)CC(NC(=O)c1cccc(S(=O)(=O)N(C)C)c1)c1ccc(Cl)cc1. The van der Waals surface area contributed by atoms with Gasteiger partial charge in [0.2, 0.25) is 10.0 Å². The molecule has 1 N–H and O–H groups in total. The highest BCUT2D eigenvalue weighted by atomic mass is 35.5.